The molecule has 0 spiro atoms. The van der Waals surface area contributed by atoms with Crippen LogP contribution in [0, 0.1) is 0 Å². The topological polar surface area (TPSA) is 166 Å². The predicted molar refractivity (Wildman–Crippen MR) is 217 cm³/mol. The zero-order valence-corrected chi connectivity index (χ0v) is 33.6. The SMILES string of the molecule is CCOC(=O)CNC(=O)C(CSSCC(=O)NCCCP(Br)(c1ccccc1)(c1ccccc1)c1ccccc1)NC(=O)CCC(N)C(=O)OCC. The summed E-state index contributed by atoms with van der Waals surface area (Å²) >= 11 is 4.43. The van der Waals surface area contributed by atoms with Crippen LogP contribution < -0.4 is 37.6 Å². The molecule has 282 valence electrons. The number of carbonyl (C=O) groups excluding carboxylic acids is 5. The van der Waals surface area contributed by atoms with Crippen molar-refractivity contribution in [1.82, 2.24) is 16.0 Å². The number of nitrogens with two attached hydrogens (primary N) is 1. The van der Waals surface area contributed by atoms with Gasteiger partial charge in [0.25, 0.3) is 0 Å². The van der Waals surface area contributed by atoms with Gasteiger partial charge in [-0.25, -0.2) is 0 Å². The van der Waals surface area contributed by atoms with Gasteiger partial charge in [-0.15, -0.1) is 0 Å². The second-order valence-corrected chi connectivity index (χ2v) is 23.3. The van der Waals surface area contributed by atoms with E-state index >= 15 is 0 Å². The monoisotopic (exact) mass is 834 g/mol. The van der Waals surface area contributed by atoms with Crippen molar-refractivity contribution in [1.29, 1.82) is 0 Å². The molecule has 0 aliphatic carbocycles. The molecule has 52 heavy (non-hydrogen) atoms. The van der Waals surface area contributed by atoms with Gasteiger partial charge >= 0.3 is 241 Å². The van der Waals surface area contributed by atoms with E-state index in [1.165, 1.54) is 37.5 Å². The van der Waals surface area contributed by atoms with Crippen LogP contribution in [0.25, 0.3) is 0 Å². The number of benzene rings is 3. The average Bonchev–Trinajstić information content (AvgIpc) is 3.17. The third kappa shape index (κ3) is 12.3. The number of halogens is 1. The van der Waals surface area contributed by atoms with Gasteiger partial charge in [-0.05, 0) is 20.3 Å². The number of hydrogen-bond donors (Lipinski definition) is 4. The summed E-state index contributed by atoms with van der Waals surface area (Å²) in [6.45, 7) is 3.75. The first-order valence-electron chi connectivity index (χ1n) is 17.1. The van der Waals surface area contributed by atoms with Gasteiger partial charge in [0.15, 0.2) is 0 Å². The van der Waals surface area contributed by atoms with Gasteiger partial charge < -0.3 is 15.2 Å². The summed E-state index contributed by atoms with van der Waals surface area (Å²) in [6.07, 6.45) is 1.41. The van der Waals surface area contributed by atoms with Crippen molar-refractivity contribution in [3.63, 3.8) is 0 Å². The van der Waals surface area contributed by atoms with Crippen molar-refractivity contribution >= 4 is 88.0 Å². The molecule has 0 heterocycles. The minimum Gasteiger partial charge on any atom is -0.465 e. The first kappa shape index (κ1) is 43.0. The first-order valence-corrected chi connectivity index (χ1v) is 24.0. The van der Waals surface area contributed by atoms with Crippen molar-refractivity contribution in [2.24, 2.45) is 5.73 Å². The Kier molecular flexibility index (Phi) is 18.1. The average molecular weight is 836 g/mol. The number of amides is 3. The molecular weight excluding hydrogens is 787 g/mol. The van der Waals surface area contributed by atoms with Crippen LogP contribution in [0.2, 0.25) is 0 Å². The Morgan fingerprint density at radius 2 is 1.31 bits per heavy atom. The molecule has 3 aromatic rings. The molecule has 2 atom stereocenters. The van der Waals surface area contributed by atoms with Crippen molar-refractivity contribution in [2.75, 3.05) is 44.0 Å². The van der Waals surface area contributed by atoms with Crippen molar-refractivity contribution in [3.8, 4) is 0 Å². The molecule has 0 fully saturated rings. The fourth-order valence-corrected chi connectivity index (χ4v) is 15.2. The number of ether oxygens (including phenoxy) is 2. The van der Waals surface area contributed by atoms with E-state index in [1.807, 2.05) is 18.2 Å². The van der Waals surface area contributed by atoms with Crippen LogP contribution in [0.5, 0.6) is 0 Å². The van der Waals surface area contributed by atoms with Gasteiger partial charge in [-0.2, -0.15) is 0 Å². The van der Waals surface area contributed by atoms with Gasteiger partial charge in [0.05, 0.1) is 13.2 Å². The van der Waals surface area contributed by atoms with Crippen molar-refractivity contribution < 1.29 is 33.4 Å². The molecular formula is C37H48BrN4O7PS2. The fraction of sp³-hybridized carbons (Fsp3) is 0.378. The summed E-state index contributed by atoms with van der Waals surface area (Å²) in [4.78, 5) is 62.1. The summed E-state index contributed by atoms with van der Waals surface area (Å²) in [5, 5.41) is 8.67. The van der Waals surface area contributed by atoms with Crippen molar-refractivity contribution in [2.45, 2.75) is 45.2 Å². The number of nitrogens with one attached hydrogen (secondary N) is 3. The van der Waals surface area contributed by atoms with Gasteiger partial charge in [0, 0.05) is 6.42 Å². The number of carbonyl (C=O) groups is 5. The third-order valence-electron chi connectivity index (χ3n) is 8.10. The molecule has 0 radical (unpaired) electrons. The summed E-state index contributed by atoms with van der Waals surface area (Å²) in [5.74, 6) is -2.22. The molecule has 15 heteroatoms. The molecule has 5 N–H and O–H groups in total. The van der Waals surface area contributed by atoms with E-state index in [2.05, 4.69) is 104 Å². The van der Waals surface area contributed by atoms with Crippen LogP contribution in [-0.4, -0.2) is 85.7 Å². The van der Waals surface area contributed by atoms with E-state index in [1.54, 1.807) is 13.8 Å². The number of rotatable bonds is 22. The van der Waals surface area contributed by atoms with Crippen LogP contribution in [0.4, 0.5) is 0 Å². The molecule has 0 saturated carbocycles. The van der Waals surface area contributed by atoms with Crippen LogP contribution in [-0.2, 0) is 33.4 Å². The van der Waals surface area contributed by atoms with E-state index in [-0.39, 0.29) is 50.0 Å². The fourth-order valence-electron chi connectivity index (χ4n) is 5.51. The normalized spacial score (nSPS) is 13.0. The van der Waals surface area contributed by atoms with Gasteiger partial charge in [0.2, 0.25) is 0 Å². The number of esters is 2. The van der Waals surface area contributed by atoms with E-state index in [9.17, 15) is 24.0 Å². The molecule has 0 aliphatic heterocycles. The Morgan fingerprint density at radius 3 is 1.83 bits per heavy atom. The molecule has 11 nitrogen and oxygen atoms in total. The van der Waals surface area contributed by atoms with Crippen LogP contribution in [0.3, 0.4) is 0 Å². The van der Waals surface area contributed by atoms with E-state index in [0.29, 0.717) is 13.0 Å². The third-order valence-corrected chi connectivity index (χ3v) is 20.4. The van der Waals surface area contributed by atoms with E-state index in [4.69, 9.17) is 15.2 Å². The van der Waals surface area contributed by atoms with Crippen molar-refractivity contribution in [3.05, 3.63) is 91.0 Å². The standard InChI is InChI=1S/C37H48BrN4O7PS2/c1-3-48-35(45)25-41-36(46)32(42-33(43)22-21-31(39)37(47)49-4-2)26-51-52-27-34(44)40-23-14-24-50(38,28-15-8-5-9-16-28,29-17-10-6-11-18-29)30-19-12-7-13-20-30/h5-13,15-20,31-32H,3-4,14,21-27,39H2,1-2H3,(H,40,44)(H,41,46)(H,42,43). The maximum atomic E-state index is 12.9. The Labute approximate surface area is 321 Å². The molecule has 0 aliphatic rings. The van der Waals surface area contributed by atoms with E-state index < -0.39 is 41.1 Å². The Hall–Kier alpha value is -3.42. The molecule has 3 amide bonds. The molecule has 3 rings (SSSR count). The second kappa shape index (κ2) is 21.9. The minimum atomic E-state index is -3.10. The van der Waals surface area contributed by atoms with Gasteiger partial charge in [-0.3, -0.25) is 14.4 Å². The summed E-state index contributed by atoms with van der Waals surface area (Å²) in [5.41, 5.74) is 5.80. The van der Waals surface area contributed by atoms with Crippen LogP contribution in [0.1, 0.15) is 33.1 Å². The Bertz CT molecular complexity index is 1510. The summed E-state index contributed by atoms with van der Waals surface area (Å²) < 4.78 is 9.74. The van der Waals surface area contributed by atoms with Gasteiger partial charge in [-0.1, -0.05) is 0 Å². The second-order valence-electron chi connectivity index (χ2n) is 11.7. The number of hydrogen-bond acceptors (Lipinski definition) is 10. The van der Waals surface area contributed by atoms with Gasteiger partial charge in [0.1, 0.15) is 12.6 Å². The first-order chi connectivity index (χ1) is 25.0. The summed E-state index contributed by atoms with van der Waals surface area (Å²) in [6, 6.07) is 29.4. The zero-order chi connectivity index (χ0) is 37.8. The molecule has 3 aromatic carbocycles. The predicted octanol–water partition coefficient (Wildman–Crippen LogP) is 3.55. The Morgan fingerprint density at radius 1 is 0.769 bits per heavy atom. The molecule has 0 aromatic heterocycles. The molecule has 0 saturated heterocycles. The minimum absolute atomic E-state index is 0.0326. The summed E-state index contributed by atoms with van der Waals surface area (Å²) in [7, 11) is 2.49. The van der Waals surface area contributed by atoms with Crippen LogP contribution >= 0.6 is 42.4 Å². The quantitative estimate of drug-likeness (QED) is 0.0510. The maximum absolute atomic E-state index is 12.9. The molecule has 2 unspecified atom stereocenters. The van der Waals surface area contributed by atoms with E-state index in [0.717, 1.165) is 6.16 Å². The van der Waals surface area contributed by atoms with Crippen LogP contribution in [0.15, 0.2) is 91.0 Å². The zero-order valence-electron chi connectivity index (χ0n) is 29.5. The Balaban J connectivity index is 1.58. The molecule has 0 bridgehead atoms. The smallest absolute Gasteiger partial charge is 0.465 e.